The second-order valence-electron chi connectivity index (χ2n) is 5.01. The van der Waals surface area contributed by atoms with Crippen LogP contribution in [0.1, 0.15) is 33.6 Å². The molecule has 5 heteroatoms. The lowest BCUT2D eigenvalue weighted by Gasteiger charge is -2.41. The van der Waals surface area contributed by atoms with E-state index < -0.39 is 16.9 Å². The van der Waals surface area contributed by atoms with Crippen molar-refractivity contribution in [3.05, 3.63) is 0 Å². The van der Waals surface area contributed by atoms with E-state index in [-0.39, 0.29) is 12.4 Å². The van der Waals surface area contributed by atoms with E-state index >= 15 is 0 Å². The maximum Gasteiger partial charge on any atom is 0.312 e. The summed E-state index contributed by atoms with van der Waals surface area (Å²) < 4.78 is 0. The highest BCUT2D eigenvalue weighted by atomic mass is 16.7. The van der Waals surface area contributed by atoms with Crippen molar-refractivity contribution < 1.29 is 14.4 Å². The molecule has 1 fully saturated rings. The Morgan fingerprint density at radius 1 is 1.47 bits per heavy atom. The monoisotopic (exact) mass is 214 g/mol. The molecule has 0 aromatic rings. The number of carbonyl (C=O) groups excluding carboxylic acids is 2. The van der Waals surface area contributed by atoms with Gasteiger partial charge in [0.1, 0.15) is 5.54 Å². The van der Waals surface area contributed by atoms with Gasteiger partial charge in [-0.2, -0.15) is 0 Å². The number of nitrogens with one attached hydrogen (secondary N) is 1. The highest BCUT2D eigenvalue weighted by Gasteiger charge is 2.58. The molecule has 1 amide bonds. The summed E-state index contributed by atoms with van der Waals surface area (Å²) in [4.78, 5) is 26.4. The second-order valence-corrected chi connectivity index (χ2v) is 5.01. The zero-order valence-electron chi connectivity index (χ0n) is 9.37. The number of hydrogen-bond acceptors (Lipinski definition) is 4. The number of carbonyl (C=O) groups is 2. The van der Waals surface area contributed by atoms with Crippen LogP contribution in [0.3, 0.4) is 0 Å². The highest BCUT2D eigenvalue weighted by molar-refractivity contribution is 5.86. The Balaban J connectivity index is 2.99. The SMILES string of the molecule is CC(C)(C)[C@@](NOC=O)(C(N)=O)C1CC1. The third-order valence-electron chi connectivity index (χ3n) is 3.03. The number of hydroxylamine groups is 1. The lowest BCUT2D eigenvalue weighted by Crippen LogP contribution is -2.64. The Bertz CT molecular complexity index is 268. The van der Waals surface area contributed by atoms with E-state index in [0.29, 0.717) is 0 Å². The second kappa shape index (κ2) is 3.81. The first-order chi connectivity index (χ1) is 6.86. The molecule has 5 nitrogen and oxygen atoms in total. The lowest BCUT2D eigenvalue weighted by atomic mass is 9.70. The molecule has 1 aliphatic rings. The average molecular weight is 214 g/mol. The molecular formula is C10H18N2O3. The zero-order chi connectivity index (χ0) is 11.7. The van der Waals surface area contributed by atoms with Crippen molar-refractivity contribution in [1.29, 1.82) is 0 Å². The first-order valence-corrected chi connectivity index (χ1v) is 5.02. The normalized spacial score (nSPS) is 20.5. The van der Waals surface area contributed by atoms with Crippen LogP contribution in [0.25, 0.3) is 0 Å². The highest BCUT2D eigenvalue weighted by Crippen LogP contribution is 2.48. The van der Waals surface area contributed by atoms with Crippen molar-refractivity contribution in [2.75, 3.05) is 0 Å². The summed E-state index contributed by atoms with van der Waals surface area (Å²) in [6.45, 7) is 5.97. The van der Waals surface area contributed by atoms with E-state index in [1.165, 1.54) is 0 Å². The van der Waals surface area contributed by atoms with Crippen molar-refractivity contribution in [3.63, 3.8) is 0 Å². The van der Waals surface area contributed by atoms with E-state index in [4.69, 9.17) is 5.73 Å². The molecule has 0 aliphatic heterocycles. The van der Waals surface area contributed by atoms with Crippen molar-refractivity contribution in [2.24, 2.45) is 17.1 Å². The van der Waals surface area contributed by atoms with Crippen molar-refractivity contribution >= 4 is 12.4 Å². The molecule has 0 heterocycles. The van der Waals surface area contributed by atoms with Gasteiger partial charge >= 0.3 is 6.47 Å². The molecule has 0 bridgehead atoms. The van der Waals surface area contributed by atoms with Gasteiger partial charge in [0.05, 0.1) is 0 Å². The molecule has 0 spiro atoms. The van der Waals surface area contributed by atoms with E-state index in [1.807, 2.05) is 20.8 Å². The molecule has 0 aromatic carbocycles. The van der Waals surface area contributed by atoms with E-state index in [0.717, 1.165) is 12.8 Å². The van der Waals surface area contributed by atoms with Crippen LogP contribution in [0.15, 0.2) is 0 Å². The molecule has 15 heavy (non-hydrogen) atoms. The molecule has 86 valence electrons. The summed E-state index contributed by atoms with van der Waals surface area (Å²) in [7, 11) is 0. The smallest absolute Gasteiger partial charge is 0.312 e. The molecule has 0 aromatic heterocycles. The Morgan fingerprint density at radius 2 is 2.00 bits per heavy atom. The molecular weight excluding hydrogens is 196 g/mol. The predicted molar refractivity (Wildman–Crippen MR) is 54.4 cm³/mol. The average Bonchev–Trinajstić information content (AvgIpc) is 2.86. The van der Waals surface area contributed by atoms with E-state index in [2.05, 4.69) is 10.3 Å². The quantitative estimate of drug-likeness (QED) is 0.511. The third-order valence-corrected chi connectivity index (χ3v) is 3.03. The van der Waals surface area contributed by atoms with Gasteiger partial charge in [-0.15, -0.1) is 5.48 Å². The summed E-state index contributed by atoms with van der Waals surface area (Å²) in [5.41, 5.74) is 6.62. The molecule has 1 aliphatic carbocycles. The Kier molecular flexibility index (Phi) is 3.04. The lowest BCUT2D eigenvalue weighted by molar-refractivity contribution is -0.154. The topological polar surface area (TPSA) is 81.4 Å². The Labute approximate surface area is 89.3 Å². The van der Waals surface area contributed by atoms with Crippen LogP contribution in [-0.2, 0) is 14.4 Å². The first kappa shape index (κ1) is 12.0. The van der Waals surface area contributed by atoms with Gasteiger partial charge in [-0.3, -0.25) is 9.59 Å². The number of amides is 1. The van der Waals surface area contributed by atoms with Crippen molar-refractivity contribution in [3.8, 4) is 0 Å². The van der Waals surface area contributed by atoms with Crippen LogP contribution in [0.5, 0.6) is 0 Å². The number of nitrogens with two attached hydrogens (primary N) is 1. The molecule has 0 radical (unpaired) electrons. The van der Waals surface area contributed by atoms with Crippen LogP contribution in [0, 0.1) is 11.3 Å². The molecule has 1 atom stereocenters. The van der Waals surface area contributed by atoms with Gasteiger partial charge < -0.3 is 10.6 Å². The van der Waals surface area contributed by atoms with Crippen LogP contribution < -0.4 is 11.2 Å². The Morgan fingerprint density at radius 3 is 2.27 bits per heavy atom. The number of primary amides is 1. The fraction of sp³-hybridized carbons (Fsp3) is 0.800. The van der Waals surface area contributed by atoms with Gasteiger partial charge in [0.25, 0.3) is 0 Å². The van der Waals surface area contributed by atoms with E-state index in [9.17, 15) is 9.59 Å². The largest absolute Gasteiger partial charge is 0.373 e. The van der Waals surface area contributed by atoms with Crippen LogP contribution >= 0.6 is 0 Å². The van der Waals surface area contributed by atoms with Gasteiger partial charge in [-0.1, -0.05) is 20.8 Å². The molecule has 0 unspecified atom stereocenters. The standard InChI is InChI=1S/C10H18N2O3/c1-9(2,3)10(8(11)14,7-4-5-7)12-15-6-13/h6-7,12H,4-5H2,1-3H3,(H2,11,14)/t10-/m0/s1. The van der Waals surface area contributed by atoms with Gasteiger partial charge in [0.2, 0.25) is 5.91 Å². The summed E-state index contributed by atoms with van der Waals surface area (Å²) in [6.07, 6.45) is 1.85. The fourth-order valence-electron chi connectivity index (χ4n) is 2.10. The zero-order valence-corrected chi connectivity index (χ0v) is 9.37. The van der Waals surface area contributed by atoms with Crippen LogP contribution in [0.2, 0.25) is 0 Å². The van der Waals surface area contributed by atoms with Gasteiger partial charge in [-0.25, -0.2) is 0 Å². The van der Waals surface area contributed by atoms with Crippen molar-refractivity contribution in [2.45, 2.75) is 39.2 Å². The maximum atomic E-state index is 11.6. The molecule has 1 saturated carbocycles. The molecule has 3 N–H and O–H groups in total. The predicted octanol–water partition coefficient (Wildman–Crippen LogP) is 0.344. The van der Waals surface area contributed by atoms with E-state index in [1.54, 1.807) is 0 Å². The minimum absolute atomic E-state index is 0.148. The molecule has 1 rings (SSSR count). The van der Waals surface area contributed by atoms with Gasteiger partial charge in [0.15, 0.2) is 0 Å². The summed E-state index contributed by atoms with van der Waals surface area (Å²) in [6, 6.07) is 0. The Hall–Kier alpha value is -1.10. The van der Waals surface area contributed by atoms with Crippen LogP contribution in [-0.4, -0.2) is 17.9 Å². The minimum Gasteiger partial charge on any atom is -0.373 e. The van der Waals surface area contributed by atoms with Crippen LogP contribution in [0.4, 0.5) is 0 Å². The molecule has 0 saturated heterocycles. The summed E-state index contributed by atoms with van der Waals surface area (Å²) in [5.74, 6) is -0.325. The summed E-state index contributed by atoms with van der Waals surface area (Å²) >= 11 is 0. The third kappa shape index (κ3) is 1.97. The minimum atomic E-state index is -0.964. The first-order valence-electron chi connectivity index (χ1n) is 5.02. The number of hydrogen-bond donors (Lipinski definition) is 2. The summed E-state index contributed by atoms with van der Waals surface area (Å²) in [5, 5.41) is 0. The number of rotatable bonds is 5. The van der Waals surface area contributed by atoms with Crippen molar-refractivity contribution in [1.82, 2.24) is 5.48 Å². The fourth-order valence-corrected chi connectivity index (χ4v) is 2.10. The van der Waals surface area contributed by atoms with Gasteiger partial charge in [0, 0.05) is 0 Å². The van der Waals surface area contributed by atoms with Gasteiger partial charge in [-0.05, 0) is 24.2 Å². The maximum absolute atomic E-state index is 11.6.